The molecular formula is C14H18BrN3O. The highest BCUT2D eigenvalue weighted by Gasteiger charge is 2.39. The van der Waals surface area contributed by atoms with E-state index in [1.54, 1.807) is 0 Å². The number of nitrogens with one attached hydrogen (secondary N) is 1. The molecule has 2 heterocycles. The zero-order valence-electron chi connectivity index (χ0n) is 11.0. The van der Waals surface area contributed by atoms with Crippen LogP contribution in [0.3, 0.4) is 0 Å². The SMILES string of the molecule is CN1CC2CNCC(=O)N2C(c2ccccc2Br)C1. The number of amides is 1. The van der Waals surface area contributed by atoms with Crippen molar-refractivity contribution in [2.75, 3.05) is 33.2 Å². The molecule has 19 heavy (non-hydrogen) atoms. The van der Waals surface area contributed by atoms with Gasteiger partial charge in [-0.25, -0.2) is 0 Å². The predicted molar refractivity (Wildman–Crippen MR) is 77.9 cm³/mol. The third-order valence-corrected chi connectivity index (χ3v) is 4.67. The van der Waals surface area contributed by atoms with Crippen LogP contribution in [-0.2, 0) is 4.79 Å². The largest absolute Gasteiger partial charge is 0.328 e. The first kappa shape index (κ1) is 13.1. The maximum absolute atomic E-state index is 12.3. The van der Waals surface area contributed by atoms with Gasteiger partial charge in [0.15, 0.2) is 0 Å². The van der Waals surface area contributed by atoms with E-state index in [2.05, 4.69) is 44.2 Å². The van der Waals surface area contributed by atoms with Crippen LogP contribution in [0.5, 0.6) is 0 Å². The molecule has 0 saturated carbocycles. The van der Waals surface area contributed by atoms with Gasteiger partial charge in [-0.2, -0.15) is 0 Å². The first-order valence-corrected chi connectivity index (χ1v) is 7.41. The molecule has 0 spiro atoms. The van der Waals surface area contributed by atoms with E-state index >= 15 is 0 Å². The van der Waals surface area contributed by atoms with E-state index in [-0.39, 0.29) is 18.0 Å². The zero-order chi connectivity index (χ0) is 13.4. The summed E-state index contributed by atoms with van der Waals surface area (Å²) in [4.78, 5) is 16.7. The summed E-state index contributed by atoms with van der Waals surface area (Å²) < 4.78 is 1.08. The monoisotopic (exact) mass is 323 g/mol. The molecule has 0 bridgehead atoms. The molecule has 0 radical (unpaired) electrons. The van der Waals surface area contributed by atoms with Crippen LogP contribution in [0.1, 0.15) is 11.6 Å². The van der Waals surface area contributed by atoms with Gasteiger partial charge in [-0.3, -0.25) is 4.79 Å². The van der Waals surface area contributed by atoms with Crippen LogP contribution in [0.15, 0.2) is 28.7 Å². The summed E-state index contributed by atoms with van der Waals surface area (Å²) in [6, 6.07) is 8.63. The van der Waals surface area contributed by atoms with Crippen LogP contribution in [-0.4, -0.2) is 55.0 Å². The number of carbonyl (C=O) groups is 1. The van der Waals surface area contributed by atoms with Crippen LogP contribution in [0.4, 0.5) is 0 Å². The summed E-state index contributed by atoms with van der Waals surface area (Å²) in [6.07, 6.45) is 0. The molecule has 2 atom stereocenters. The maximum Gasteiger partial charge on any atom is 0.237 e. The van der Waals surface area contributed by atoms with Crippen molar-refractivity contribution in [2.24, 2.45) is 0 Å². The molecule has 1 aromatic rings. The van der Waals surface area contributed by atoms with Gasteiger partial charge in [0, 0.05) is 24.1 Å². The van der Waals surface area contributed by atoms with E-state index in [1.165, 1.54) is 5.56 Å². The Balaban J connectivity index is 1.97. The lowest BCUT2D eigenvalue weighted by molar-refractivity contribution is -0.142. The summed E-state index contributed by atoms with van der Waals surface area (Å²) in [5, 5.41) is 3.21. The molecule has 2 fully saturated rings. The fourth-order valence-corrected chi connectivity index (χ4v) is 3.68. The number of carbonyl (C=O) groups excluding carboxylic acids is 1. The minimum absolute atomic E-state index is 0.147. The van der Waals surface area contributed by atoms with Crippen molar-refractivity contribution in [1.29, 1.82) is 0 Å². The number of halogens is 1. The molecule has 1 aromatic carbocycles. The minimum atomic E-state index is 0.147. The zero-order valence-corrected chi connectivity index (χ0v) is 12.6. The lowest BCUT2D eigenvalue weighted by Crippen LogP contribution is -2.63. The van der Waals surface area contributed by atoms with Crippen molar-refractivity contribution in [3.63, 3.8) is 0 Å². The standard InChI is InChI=1S/C14H18BrN3O/c1-17-8-10-6-16-7-14(19)18(10)13(9-17)11-4-2-3-5-12(11)15/h2-5,10,13,16H,6-9H2,1H3. The van der Waals surface area contributed by atoms with Gasteiger partial charge in [-0.15, -0.1) is 0 Å². The number of fused-ring (bicyclic) bond motifs is 1. The van der Waals surface area contributed by atoms with Crippen molar-refractivity contribution >= 4 is 21.8 Å². The lowest BCUT2D eigenvalue weighted by atomic mass is 9.97. The third kappa shape index (κ3) is 2.42. The van der Waals surface area contributed by atoms with Crippen LogP contribution in [0, 0.1) is 0 Å². The van der Waals surface area contributed by atoms with Gasteiger partial charge in [-0.05, 0) is 18.7 Å². The van der Waals surface area contributed by atoms with E-state index < -0.39 is 0 Å². The molecule has 1 N–H and O–H groups in total. The number of hydrogen-bond acceptors (Lipinski definition) is 3. The van der Waals surface area contributed by atoms with E-state index in [1.807, 2.05) is 18.2 Å². The number of likely N-dealkylation sites (N-methyl/N-ethyl adjacent to an activating group) is 1. The third-order valence-electron chi connectivity index (χ3n) is 3.94. The molecule has 2 unspecified atom stereocenters. The minimum Gasteiger partial charge on any atom is -0.328 e. The topological polar surface area (TPSA) is 35.6 Å². The van der Waals surface area contributed by atoms with E-state index in [4.69, 9.17) is 0 Å². The number of piperazine rings is 2. The number of benzene rings is 1. The quantitative estimate of drug-likeness (QED) is 0.844. The molecule has 3 rings (SSSR count). The second kappa shape index (κ2) is 5.23. The molecule has 0 aromatic heterocycles. The van der Waals surface area contributed by atoms with Crippen molar-refractivity contribution < 1.29 is 4.79 Å². The van der Waals surface area contributed by atoms with Crippen LogP contribution in [0.2, 0.25) is 0 Å². The Morgan fingerprint density at radius 1 is 1.32 bits per heavy atom. The first-order valence-electron chi connectivity index (χ1n) is 6.61. The van der Waals surface area contributed by atoms with Crippen LogP contribution >= 0.6 is 15.9 Å². The number of hydrogen-bond donors (Lipinski definition) is 1. The second-order valence-electron chi connectivity index (χ2n) is 5.34. The van der Waals surface area contributed by atoms with Gasteiger partial charge >= 0.3 is 0 Å². The Kier molecular flexibility index (Phi) is 3.60. The first-order chi connectivity index (χ1) is 9.16. The van der Waals surface area contributed by atoms with Gasteiger partial charge in [-0.1, -0.05) is 34.1 Å². The van der Waals surface area contributed by atoms with Crippen LogP contribution < -0.4 is 5.32 Å². The molecular weight excluding hydrogens is 306 g/mol. The Morgan fingerprint density at radius 3 is 2.89 bits per heavy atom. The molecule has 102 valence electrons. The normalized spacial score (nSPS) is 28.3. The highest BCUT2D eigenvalue weighted by Crippen LogP contribution is 2.33. The lowest BCUT2D eigenvalue weighted by Gasteiger charge is -2.48. The second-order valence-corrected chi connectivity index (χ2v) is 6.20. The average molecular weight is 324 g/mol. The average Bonchev–Trinajstić information content (AvgIpc) is 2.38. The van der Waals surface area contributed by atoms with Gasteiger partial charge in [0.2, 0.25) is 5.91 Å². The predicted octanol–water partition coefficient (Wildman–Crippen LogP) is 1.24. The maximum atomic E-state index is 12.3. The van der Waals surface area contributed by atoms with E-state index in [0.29, 0.717) is 6.54 Å². The molecule has 2 saturated heterocycles. The number of rotatable bonds is 1. The highest BCUT2D eigenvalue weighted by molar-refractivity contribution is 9.10. The summed E-state index contributed by atoms with van der Waals surface area (Å²) in [6.45, 7) is 3.18. The van der Waals surface area contributed by atoms with Gasteiger partial charge < -0.3 is 15.1 Å². The molecule has 5 heteroatoms. The summed E-state index contributed by atoms with van der Waals surface area (Å²) in [7, 11) is 2.13. The molecule has 2 aliphatic rings. The van der Waals surface area contributed by atoms with Crippen molar-refractivity contribution in [3.8, 4) is 0 Å². The fraction of sp³-hybridized carbons (Fsp3) is 0.500. The fourth-order valence-electron chi connectivity index (χ4n) is 3.13. The van der Waals surface area contributed by atoms with Crippen LogP contribution in [0.25, 0.3) is 0 Å². The van der Waals surface area contributed by atoms with E-state index in [9.17, 15) is 4.79 Å². The molecule has 4 nitrogen and oxygen atoms in total. The van der Waals surface area contributed by atoms with Crippen molar-refractivity contribution in [3.05, 3.63) is 34.3 Å². The molecule has 0 aliphatic carbocycles. The van der Waals surface area contributed by atoms with Gasteiger partial charge in [0.1, 0.15) is 0 Å². The summed E-state index contributed by atoms with van der Waals surface area (Å²) >= 11 is 3.62. The Labute approximate surface area is 121 Å². The molecule has 1 amide bonds. The highest BCUT2D eigenvalue weighted by atomic mass is 79.9. The Hall–Kier alpha value is -0.910. The van der Waals surface area contributed by atoms with Crippen molar-refractivity contribution in [2.45, 2.75) is 12.1 Å². The van der Waals surface area contributed by atoms with E-state index in [0.717, 1.165) is 24.1 Å². The molecule has 2 aliphatic heterocycles. The summed E-state index contributed by atoms with van der Waals surface area (Å²) in [5.41, 5.74) is 1.20. The Bertz CT molecular complexity index is 493. The van der Waals surface area contributed by atoms with Gasteiger partial charge in [0.05, 0.1) is 18.6 Å². The summed E-state index contributed by atoms with van der Waals surface area (Å²) in [5.74, 6) is 0.213. The van der Waals surface area contributed by atoms with Crippen molar-refractivity contribution in [1.82, 2.24) is 15.1 Å². The Morgan fingerprint density at radius 2 is 2.11 bits per heavy atom. The smallest absolute Gasteiger partial charge is 0.237 e. The number of nitrogens with zero attached hydrogens (tertiary/aromatic N) is 2. The van der Waals surface area contributed by atoms with Gasteiger partial charge in [0.25, 0.3) is 0 Å².